The van der Waals surface area contributed by atoms with Crippen molar-refractivity contribution in [3.05, 3.63) is 66.6 Å². The van der Waals surface area contributed by atoms with E-state index in [9.17, 15) is 18.8 Å². The molecular formula is C30H31FN6O5. The molecule has 3 aromatic rings. The van der Waals surface area contributed by atoms with E-state index in [4.69, 9.17) is 9.47 Å². The monoisotopic (exact) mass is 574 g/mol. The van der Waals surface area contributed by atoms with E-state index in [1.807, 2.05) is 4.90 Å². The van der Waals surface area contributed by atoms with Gasteiger partial charge in [-0.25, -0.2) is 19.3 Å². The van der Waals surface area contributed by atoms with E-state index in [-0.39, 0.29) is 35.4 Å². The lowest BCUT2D eigenvalue weighted by Crippen LogP contribution is -2.52. The maximum Gasteiger partial charge on any atom is 0.268 e. The number of hydrogen-bond donors (Lipinski definition) is 0. The molecule has 0 radical (unpaired) electrons. The molecule has 218 valence electrons. The van der Waals surface area contributed by atoms with Crippen LogP contribution in [0.1, 0.15) is 37.9 Å². The molecule has 3 aliphatic rings. The van der Waals surface area contributed by atoms with Gasteiger partial charge in [-0.3, -0.25) is 14.4 Å². The molecule has 0 bridgehead atoms. The lowest BCUT2D eigenvalue weighted by Gasteiger charge is -2.40. The molecule has 0 N–H and O–H groups in total. The molecule has 1 aliphatic carbocycles. The van der Waals surface area contributed by atoms with Crippen molar-refractivity contribution in [2.24, 2.45) is 5.92 Å². The van der Waals surface area contributed by atoms with Crippen LogP contribution in [0.2, 0.25) is 0 Å². The lowest BCUT2D eigenvalue weighted by molar-refractivity contribution is -0.143. The molecule has 3 fully saturated rings. The summed E-state index contributed by atoms with van der Waals surface area (Å²) < 4.78 is 24.6. The minimum absolute atomic E-state index is 0.0433. The van der Waals surface area contributed by atoms with Gasteiger partial charge in [0.2, 0.25) is 17.7 Å². The number of aromatic nitrogens is 3. The van der Waals surface area contributed by atoms with Crippen LogP contribution in [0.25, 0.3) is 0 Å². The maximum atomic E-state index is 13.1. The van der Waals surface area contributed by atoms with Crippen LogP contribution in [0.3, 0.4) is 0 Å². The Hall–Kier alpha value is -4.61. The summed E-state index contributed by atoms with van der Waals surface area (Å²) in [7, 11) is 0. The Morgan fingerprint density at radius 2 is 1.52 bits per heavy atom. The quantitative estimate of drug-likeness (QED) is 0.422. The summed E-state index contributed by atoms with van der Waals surface area (Å²) in [4.78, 5) is 55.9. The van der Waals surface area contributed by atoms with Crippen LogP contribution in [-0.4, -0.2) is 81.3 Å². The third-order valence-electron chi connectivity index (χ3n) is 8.04. The minimum atomic E-state index is -0.661. The van der Waals surface area contributed by atoms with E-state index < -0.39 is 6.10 Å². The summed E-state index contributed by atoms with van der Waals surface area (Å²) in [5, 5.41) is 0. The van der Waals surface area contributed by atoms with Crippen molar-refractivity contribution in [2.75, 3.05) is 37.6 Å². The first-order valence-corrected chi connectivity index (χ1v) is 14.1. The summed E-state index contributed by atoms with van der Waals surface area (Å²) in [5.74, 6) is 1.61. The van der Waals surface area contributed by atoms with E-state index in [1.165, 1.54) is 30.5 Å². The molecule has 1 aromatic carbocycles. The first kappa shape index (κ1) is 27.6. The number of amides is 3. The Labute approximate surface area is 242 Å². The van der Waals surface area contributed by atoms with Crippen LogP contribution >= 0.6 is 0 Å². The first-order valence-electron chi connectivity index (χ1n) is 14.1. The van der Waals surface area contributed by atoms with Crippen molar-refractivity contribution < 1.29 is 28.2 Å². The van der Waals surface area contributed by atoms with E-state index in [0.29, 0.717) is 80.9 Å². The normalized spacial score (nSPS) is 22.1. The highest BCUT2D eigenvalue weighted by Gasteiger charge is 2.40. The Bertz CT molecular complexity index is 1440. The number of benzene rings is 1. The van der Waals surface area contributed by atoms with Gasteiger partial charge in [0.15, 0.2) is 6.10 Å². The fourth-order valence-corrected chi connectivity index (χ4v) is 5.52. The second kappa shape index (κ2) is 11.7. The molecule has 11 nitrogen and oxygen atoms in total. The van der Waals surface area contributed by atoms with Crippen LogP contribution in [0, 0.1) is 11.7 Å². The topological polar surface area (TPSA) is 118 Å². The van der Waals surface area contributed by atoms with Crippen LogP contribution in [-0.2, 0) is 14.4 Å². The van der Waals surface area contributed by atoms with Crippen LogP contribution in [0.4, 0.5) is 10.1 Å². The smallest absolute Gasteiger partial charge is 0.268 e. The number of carbonyl (C=O) groups is 3. The highest BCUT2D eigenvalue weighted by Crippen LogP contribution is 2.41. The van der Waals surface area contributed by atoms with Gasteiger partial charge >= 0.3 is 0 Å². The van der Waals surface area contributed by atoms with Gasteiger partial charge in [0.25, 0.3) is 5.91 Å². The Kier molecular flexibility index (Phi) is 7.68. The predicted molar refractivity (Wildman–Crippen MR) is 148 cm³/mol. The third kappa shape index (κ3) is 5.88. The van der Waals surface area contributed by atoms with Gasteiger partial charge in [0.05, 0.1) is 24.3 Å². The lowest BCUT2D eigenvalue weighted by atomic mass is 9.73. The number of rotatable bonds is 7. The van der Waals surface area contributed by atoms with Gasteiger partial charge in [-0.1, -0.05) is 0 Å². The standard InChI is InChI=1S/C30H31FN6O5/c1-19(38)35-10-12-36(13-11-35)29(39)21-14-20(15-21)28-33-16-23(17-34-28)37-9-8-26(30(37)40)41-25-6-7-27(32-18-25)42-24-4-2-22(31)3-5-24/h2-7,16-18,20-21,26H,8-15H2,1H3/t20?,21?,26-/m1/s1. The summed E-state index contributed by atoms with van der Waals surface area (Å²) in [5.41, 5.74) is 0.603. The molecule has 4 heterocycles. The van der Waals surface area contributed by atoms with Crippen LogP contribution in [0.5, 0.6) is 17.4 Å². The molecule has 42 heavy (non-hydrogen) atoms. The molecule has 2 aromatic heterocycles. The molecule has 1 atom stereocenters. The van der Waals surface area contributed by atoms with Crippen molar-refractivity contribution >= 4 is 23.4 Å². The molecule has 12 heteroatoms. The van der Waals surface area contributed by atoms with Gasteiger partial charge in [-0.2, -0.15) is 0 Å². The fraction of sp³-hybridized carbons (Fsp3) is 0.400. The Morgan fingerprint density at radius 3 is 2.17 bits per heavy atom. The minimum Gasteiger partial charge on any atom is -0.479 e. The largest absolute Gasteiger partial charge is 0.479 e. The average molecular weight is 575 g/mol. The zero-order valence-corrected chi connectivity index (χ0v) is 23.2. The summed E-state index contributed by atoms with van der Waals surface area (Å²) in [6, 6.07) is 8.91. The van der Waals surface area contributed by atoms with Crippen molar-refractivity contribution in [3.63, 3.8) is 0 Å². The Balaban J connectivity index is 0.979. The number of piperazine rings is 1. The summed E-state index contributed by atoms with van der Waals surface area (Å²) in [6.45, 7) is 4.35. The van der Waals surface area contributed by atoms with E-state index >= 15 is 0 Å². The molecule has 1 saturated carbocycles. The SMILES string of the molecule is CC(=O)N1CCN(C(=O)C2CC(c3ncc(N4CC[C@@H](Oc5ccc(Oc6ccc(F)cc6)nc5)C4=O)cn3)C2)CC1. The maximum absolute atomic E-state index is 13.1. The molecule has 2 aliphatic heterocycles. The highest BCUT2D eigenvalue weighted by atomic mass is 19.1. The second-order valence-electron chi connectivity index (χ2n) is 10.8. The van der Waals surface area contributed by atoms with Gasteiger partial charge in [0, 0.05) is 64.0 Å². The van der Waals surface area contributed by atoms with Gasteiger partial charge < -0.3 is 24.2 Å². The zero-order valence-electron chi connectivity index (χ0n) is 23.2. The second-order valence-corrected chi connectivity index (χ2v) is 10.8. The van der Waals surface area contributed by atoms with E-state index in [2.05, 4.69) is 15.0 Å². The number of nitrogens with zero attached hydrogens (tertiary/aromatic N) is 6. The summed E-state index contributed by atoms with van der Waals surface area (Å²) >= 11 is 0. The number of carbonyl (C=O) groups excluding carboxylic acids is 3. The van der Waals surface area contributed by atoms with Gasteiger partial charge in [-0.15, -0.1) is 0 Å². The van der Waals surface area contributed by atoms with Crippen LogP contribution in [0.15, 0.2) is 55.0 Å². The van der Waals surface area contributed by atoms with Crippen molar-refractivity contribution in [2.45, 2.75) is 38.2 Å². The van der Waals surface area contributed by atoms with E-state index in [0.717, 1.165) is 0 Å². The molecule has 0 unspecified atom stereocenters. The number of halogens is 1. The number of ether oxygens (including phenoxy) is 2. The van der Waals surface area contributed by atoms with Crippen LogP contribution < -0.4 is 14.4 Å². The van der Waals surface area contributed by atoms with Crippen molar-refractivity contribution in [1.82, 2.24) is 24.8 Å². The molecular weight excluding hydrogens is 543 g/mol. The molecule has 3 amide bonds. The van der Waals surface area contributed by atoms with Crippen molar-refractivity contribution in [3.8, 4) is 17.4 Å². The third-order valence-corrected chi connectivity index (χ3v) is 8.04. The fourth-order valence-electron chi connectivity index (χ4n) is 5.52. The van der Waals surface area contributed by atoms with Gasteiger partial charge in [-0.05, 0) is 43.2 Å². The van der Waals surface area contributed by atoms with E-state index in [1.54, 1.807) is 41.2 Å². The number of anilines is 1. The highest BCUT2D eigenvalue weighted by molar-refractivity contribution is 5.98. The zero-order chi connectivity index (χ0) is 29.2. The summed E-state index contributed by atoms with van der Waals surface area (Å²) in [6.07, 6.45) is 6.03. The molecule has 6 rings (SSSR count). The predicted octanol–water partition coefficient (Wildman–Crippen LogP) is 3.17. The first-order chi connectivity index (χ1) is 20.3. The molecule has 0 spiro atoms. The number of pyridine rings is 1. The van der Waals surface area contributed by atoms with Gasteiger partial charge in [0.1, 0.15) is 23.1 Å². The number of hydrogen-bond acceptors (Lipinski definition) is 8. The molecule has 2 saturated heterocycles. The van der Waals surface area contributed by atoms with Crippen molar-refractivity contribution in [1.29, 1.82) is 0 Å². The average Bonchev–Trinajstić information content (AvgIpc) is 3.34. The Morgan fingerprint density at radius 1 is 0.857 bits per heavy atom.